The molecule has 0 saturated carbocycles. The molecule has 0 radical (unpaired) electrons. The molecule has 0 spiro atoms. The Labute approximate surface area is 89.3 Å². The molecule has 0 aromatic heterocycles. The summed E-state index contributed by atoms with van der Waals surface area (Å²) in [5, 5.41) is 3.14. The van der Waals surface area contributed by atoms with Crippen LogP contribution in [0, 0.1) is 6.92 Å². The van der Waals surface area contributed by atoms with Crippen molar-refractivity contribution in [3.8, 4) is 5.75 Å². The van der Waals surface area contributed by atoms with Crippen molar-refractivity contribution in [3.05, 3.63) is 33.7 Å². The third kappa shape index (κ3) is 2.38. The van der Waals surface area contributed by atoms with Gasteiger partial charge >= 0.3 is 6.18 Å². The van der Waals surface area contributed by atoms with Gasteiger partial charge in [0.15, 0.2) is 0 Å². The number of alkyl halides is 3. The Balaban J connectivity index is 3.48. The summed E-state index contributed by atoms with van der Waals surface area (Å²) < 4.78 is 42.5. The van der Waals surface area contributed by atoms with E-state index in [4.69, 9.17) is 5.53 Å². The first-order chi connectivity index (χ1) is 7.40. The molecule has 0 bridgehead atoms. The molecule has 1 aromatic rings. The predicted octanol–water partition coefficient (Wildman–Crippen LogP) is 3.96. The number of aryl methyl sites for hydroxylation is 1. The van der Waals surface area contributed by atoms with Crippen LogP contribution < -0.4 is 4.74 Å². The molecule has 0 heterocycles. The van der Waals surface area contributed by atoms with Crippen LogP contribution in [-0.4, -0.2) is 7.11 Å². The highest BCUT2D eigenvalue weighted by Crippen LogP contribution is 2.40. The van der Waals surface area contributed by atoms with Crippen LogP contribution >= 0.6 is 0 Å². The average Bonchev–Trinajstić information content (AvgIpc) is 2.16. The van der Waals surface area contributed by atoms with Gasteiger partial charge in [-0.25, -0.2) is 0 Å². The average molecular weight is 231 g/mol. The summed E-state index contributed by atoms with van der Waals surface area (Å²) in [5.74, 6) is -0.260. The molecule has 0 atom stereocenters. The molecule has 1 rings (SSSR count). The fourth-order valence-corrected chi connectivity index (χ4v) is 1.35. The van der Waals surface area contributed by atoms with Crippen molar-refractivity contribution in [2.75, 3.05) is 7.11 Å². The summed E-state index contributed by atoms with van der Waals surface area (Å²) in [6, 6.07) is 2.08. The van der Waals surface area contributed by atoms with Gasteiger partial charge in [0.2, 0.25) is 0 Å². The number of rotatable bonds is 2. The summed E-state index contributed by atoms with van der Waals surface area (Å²) in [6.45, 7) is 1.45. The van der Waals surface area contributed by atoms with Crippen molar-refractivity contribution in [1.82, 2.24) is 0 Å². The molecule has 0 aliphatic carbocycles. The zero-order chi connectivity index (χ0) is 12.3. The van der Waals surface area contributed by atoms with Crippen LogP contribution in [0.2, 0.25) is 0 Å². The van der Waals surface area contributed by atoms with E-state index in [1.54, 1.807) is 0 Å². The second-order valence-electron chi connectivity index (χ2n) is 3.03. The monoisotopic (exact) mass is 231 g/mol. The first-order valence-electron chi connectivity index (χ1n) is 4.21. The second-order valence-corrected chi connectivity index (χ2v) is 3.03. The molecular formula is C9H8F3N3O. The van der Waals surface area contributed by atoms with E-state index in [9.17, 15) is 13.2 Å². The lowest BCUT2D eigenvalue weighted by Gasteiger charge is -2.14. The van der Waals surface area contributed by atoms with Gasteiger partial charge in [-0.15, -0.1) is 0 Å². The molecule has 0 unspecified atom stereocenters. The fourth-order valence-electron chi connectivity index (χ4n) is 1.35. The summed E-state index contributed by atoms with van der Waals surface area (Å²) in [6.07, 6.45) is -4.54. The van der Waals surface area contributed by atoms with Gasteiger partial charge in [0, 0.05) is 10.6 Å². The first kappa shape index (κ1) is 12.2. The summed E-state index contributed by atoms with van der Waals surface area (Å²) in [5.41, 5.74) is 7.40. The van der Waals surface area contributed by atoms with Gasteiger partial charge in [0.25, 0.3) is 0 Å². The van der Waals surface area contributed by atoms with E-state index in [0.717, 1.165) is 13.2 Å². The molecule has 0 amide bonds. The topological polar surface area (TPSA) is 58.0 Å². The minimum Gasteiger partial charge on any atom is -0.496 e. The number of ether oxygens (including phenoxy) is 1. The zero-order valence-electron chi connectivity index (χ0n) is 8.54. The highest BCUT2D eigenvalue weighted by molar-refractivity contribution is 5.53. The lowest BCUT2D eigenvalue weighted by molar-refractivity contribution is -0.138. The van der Waals surface area contributed by atoms with Gasteiger partial charge in [-0.2, -0.15) is 13.2 Å². The summed E-state index contributed by atoms with van der Waals surface area (Å²) >= 11 is 0. The highest BCUT2D eigenvalue weighted by atomic mass is 19.4. The molecule has 0 aliphatic rings. The molecule has 4 nitrogen and oxygen atoms in total. The van der Waals surface area contributed by atoms with Crippen molar-refractivity contribution >= 4 is 5.69 Å². The SMILES string of the molecule is COc1c(C)cc(N=[N+]=[N-])cc1C(F)(F)F. The maximum Gasteiger partial charge on any atom is 0.419 e. The van der Waals surface area contributed by atoms with Crippen molar-refractivity contribution in [2.24, 2.45) is 5.11 Å². The maximum atomic E-state index is 12.6. The number of methoxy groups -OCH3 is 1. The molecule has 0 saturated heterocycles. The van der Waals surface area contributed by atoms with E-state index in [1.807, 2.05) is 0 Å². The molecule has 16 heavy (non-hydrogen) atoms. The van der Waals surface area contributed by atoms with Crippen LogP contribution in [-0.2, 0) is 6.18 Å². The number of benzene rings is 1. The van der Waals surface area contributed by atoms with Gasteiger partial charge in [-0.05, 0) is 30.2 Å². The Hall–Kier alpha value is -1.88. The highest BCUT2D eigenvalue weighted by Gasteiger charge is 2.35. The quantitative estimate of drug-likeness (QED) is 0.431. The van der Waals surface area contributed by atoms with Crippen LogP contribution in [0.5, 0.6) is 5.75 Å². The van der Waals surface area contributed by atoms with Gasteiger partial charge in [-0.3, -0.25) is 0 Å². The van der Waals surface area contributed by atoms with E-state index < -0.39 is 11.7 Å². The molecule has 86 valence electrons. The lowest BCUT2D eigenvalue weighted by atomic mass is 10.1. The van der Waals surface area contributed by atoms with Crippen LogP contribution in [0.1, 0.15) is 11.1 Å². The summed E-state index contributed by atoms with van der Waals surface area (Å²) in [4.78, 5) is 2.44. The lowest BCUT2D eigenvalue weighted by Crippen LogP contribution is -2.08. The van der Waals surface area contributed by atoms with E-state index >= 15 is 0 Å². The Morgan fingerprint density at radius 1 is 1.38 bits per heavy atom. The van der Waals surface area contributed by atoms with E-state index in [0.29, 0.717) is 0 Å². The third-order valence-electron chi connectivity index (χ3n) is 1.93. The molecule has 0 aliphatic heterocycles. The molecule has 1 aromatic carbocycles. The van der Waals surface area contributed by atoms with E-state index in [-0.39, 0.29) is 17.0 Å². The molecular weight excluding hydrogens is 223 g/mol. The van der Waals surface area contributed by atoms with Crippen LogP contribution in [0.3, 0.4) is 0 Å². The maximum absolute atomic E-state index is 12.6. The standard InChI is InChI=1S/C9H8F3N3O/c1-5-3-6(14-15-13)4-7(8(5)16-2)9(10,11)12/h3-4H,1-2H3. The number of azide groups is 1. The minimum absolute atomic E-state index is 0.0897. The van der Waals surface area contributed by atoms with Crippen LogP contribution in [0.25, 0.3) is 10.4 Å². The molecule has 0 N–H and O–H groups in total. The normalized spacial score (nSPS) is 10.8. The Kier molecular flexibility index (Phi) is 3.29. The Morgan fingerprint density at radius 3 is 2.44 bits per heavy atom. The smallest absolute Gasteiger partial charge is 0.419 e. The van der Waals surface area contributed by atoms with Gasteiger partial charge < -0.3 is 4.74 Å². The summed E-state index contributed by atoms with van der Waals surface area (Å²) in [7, 11) is 1.16. The van der Waals surface area contributed by atoms with Crippen molar-refractivity contribution in [2.45, 2.75) is 13.1 Å². The van der Waals surface area contributed by atoms with Gasteiger partial charge in [0.1, 0.15) is 5.75 Å². The van der Waals surface area contributed by atoms with Crippen LogP contribution in [0.15, 0.2) is 17.2 Å². The van der Waals surface area contributed by atoms with Crippen LogP contribution in [0.4, 0.5) is 18.9 Å². The van der Waals surface area contributed by atoms with Crippen molar-refractivity contribution in [3.63, 3.8) is 0 Å². The third-order valence-corrected chi connectivity index (χ3v) is 1.93. The first-order valence-corrected chi connectivity index (χ1v) is 4.21. The Morgan fingerprint density at radius 2 is 2.00 bits per heavy atom. The fraction of sp³-hybridized carbons (Fsp3) is 0.333. The minimum atomic E-state index is -4.54. The van der Waals surface area contributed by atoms with Crippen molar-refractivity contribution in [1.29, 1.82) is 0 Å². The van der Waals surface area contributed by atoms with Gasteiger partial charge in [0.05, 0.1) is 12.7 Å². The molecule has 7 heteroatoms. The Bertz CT molecular complexity index is 450. The van der Waals surface area contributed by atoms with Crippen molar-refractivity contribution < 1.29 is 17.9 Å². The van der Waals surface area contributed by atoms with Gasteiger partial charge in [-0.1, -0.05) is 5.11 Å². The second kappa shape index (κ2) is 4.32. The van der Waals surface area contributed by atoms with E-state index in [1.165, 1.54) is 13.0 Å². The largest absolute Gasteiger partial charge is 0.496 e. The number of hydrogen-bond acceptors (Lipinski definition) is 2. The van der Waals surface area contributed by atoms with E-state index in [2.05, 4.69) is 14.8 Å². The number of hydrogen-bond donors (Lipinski definition) is 0. The predicted molar refractivity (Wildman–Crippen MR) is 51.5 cm³/mol. The molecule has 0 fully saturated rings. The zero-order valence-corrected chi connectivity index (χ0v) is 8.54. The number of nitrogens with zero attached hydrogens (tertiary/aromatic N) is 3. The number of halogens is 3.